The number of hydrogen-bond donors (Lipinski definition) is 0. The molecule has 0 amide bonds. The van der Waals surface area contributed by atoms with Crippen LogP contribution in [0.15, 0.2) is 273 Å². The van der Waals surface area contributed by atoms with Gasteiger partial charge in [0.2, 0.25) is 0 Å². The van der Waals surface area contributed by atoms with E-state index in [2.05, 4.69) is 146 Å². The highest BCUT2D eigenvalue weighted by Crippen LogP contribution is 2.45. The maximum Gasteiger partial charge on any atom is 0.187 e. The standard InChI is InChI=1S/C79H45N9/c1-82-63-34-25-54(26-35-63)60-32-41-74-69(45-60)70-46-61(55-27-36-64(83-2)37-28-55)33-42-75(70)88(74)76-47-62(79-85-77(56-11-5-3-6-12-56)84-78(86-79)57-13-7-4-8-14-57)29-38-66(76)65-15-9-10-16-71(65)87-72-39-30-58(52-21-17-50(48-80)18-22-52)43-67(72)68-44-59(31-40-73(68)87)53-23-19-51(49-81)20-24-53/h3-47H. The summed E-state index contributed by atoms with van der Waals surface area (Å²) in [6.45, 7) is 15.3. The first kappa shape index (κ1) is 52.0. The molecule has 0 bridgehead atoms. The molecular weight excluding hydrogens is 1070 g/mol. The molecule has 0 aliphatic rings. The second-order valence-electron chi connectivity index (χ2n) is 21.6. The highest BCUT2D eigenvalue weighted by Gasteiger charge is 2.24. The molecule has 0 saturated heterocycles. The Hall–Kier alpha value is -12.8. The van der Waals surface area contributed by atoms with Gasteiger partial charge in [0.25, 0.3) is 0 Å². The molecule has 3 aromatic heterocycles. The minimum Gasteiger partial charge on any atom is -0.309 e. The lowest BCUT2D eigenvalue weighted by molar-refractivity contribution is 1.07. The Balaban J connectivity index is 1.01. The van der Waals surface area contributed by atoms with E-state index < -0.39 is 0 Å². The first-order valence-corrected chi connectivity index (χ1v) is 28.6. The van der Waals surface area contributed by atoms with Crippen LogP contribution in [-0.2, 0) is 0 Å². The number of fused-ring (bicyclic) bond motifs is 6. The van der Waals surface area contributed by atoms with Crippen molar-refractivity contribution in [2.45, 2.75) is 0 Å². The maximum atomic E-state index is 9.69. The molecule has 406 valence electrons. The van der Waals surface area contributed by atoms with Gasteiger partial charge in [0.1, 0.15) is 0 Å². The first-order chi connectivity index (χ1) is 43.4. The Morgan fingerprint density at radius 3 is 0.989 bits per heavy atom. The fourth-order valence-electron chi connectivity index (χ4n) is 12.1. The number of nitrogens with zero attached hydrogens (tertiary/aromatic N) is 9. The van der Waals surface area contributed by atoms with E-state index >= 15 is 0 Å². The summed E-state index contributed by atoms with van der Waals surface area (Å²) in [5.41, 5.74) is 20.7. The van der Waals surface area contributed by atoms with Gasteiger partial charge < -0.3 is 9.13 Å². The molecule has 88 heavy (non-hydrogen) atoms. The van der Waals surface area contributed by atoms with Gasteiger partial charge in [-0.05, 0) is 129 Å². The molecule has 0 radical (unpaired) electrons. The largest absolute Gasteiger partial charge is 0.309 e. The molecule has 0 atom stereocenters. The van der Waals surface area contributed by atoms with Crippen LogP contribution in [0.25, 0.3) is 154 Å². The lowest BCUT2D eigenvalue weighted by Gasteiger charge is -2.20. The third-order valence-electron chi connectivity index (χ3n) is 16.5. The zero-order chi connectivity index (χ0) is 59.2. The number of aromatic nitrogens is 5. The fraction of sp³-hybridized carbons (Fsp3) is 0. The van der Waals surface area contributed by atoms with Crippen LogP contribution in [0.5, 0.6) is 0 Å². The normalized spacial score (nSPS) is 11.1. The predicted molar refractivity (Wildman–Crippen MR) is 354 cm³/mol. The molecule has 9 heteroatoms. The van der Waals surface area contributed by atoms with Gasteiger partial charge in [0, 0.05) is 49.4 Å². The molecule has 0 aliphatic heterocycles. The monoisotopic (exact) mass is 1120 g/mol. The Labute approximate surface area is 507 Å². The highest BCUT2D eigenvalue weighted by molar-refractivity contribution is 6.14. The van der Waals surface area contributed by atoms with Crippen molar-refractivity contribution in [3.05, 3.63) is 307 Å². The third-order valence-corrected chi connectivity index (χ3v) is 16.5. The second kappa shape index (κ2) is 21.8. The number of nitriles is 2. The van der Waals surface area contributed by atoms with E-state index in [1.165, 1.54) is 0 Å². The van der Waals surface area contributed by atoms with E-state index in [0.717, 1.165) is 127 Å². The summed E-state index contributed by atoms with van der Waals surface area (Å²) in [7, 11) is 0. The average Bonchev–Trinajstić information content (AvgIpc) is 1.63. The van der Waals surface area contributed by atoms with E-state index in [0.29, 0.717) is 40.0 Å². The Kier molecular flexibility index (Phi) is 12.9. The number of hydrogen-bond acceptors (Lipinski definition) is 5. The fourth-order valence-corrected chi connectivity index (χ4v) is 12.1. The van der Waals surface area contributed by atoms with Gasteiger partial charge in [-0.15, -0.1) is 0 Å². The van der Waals surface area contributed by atoms with Crippen molar-refractivity contribution in [3.8, 4) is 113 Å². The second-order valence-corrected chi connectivity index (χ2v) is 21.6. The van der Waals surface area contributed by atoms with E-state index in [1.54, 1.807) is 0 Å². The van der Waals surface area contributed by atoms with Crippen molar-refractivity contribution in [2.75, 3.05) is 0 Å². The Morgan fingerprint density at radius 2 is 0.602 bits per heavy atom. The summed E-state index contributed by atoms with van der Waals surface area (Å²) in [6, 6.07) is 97.1. The summed E-state index contributed by atoms with van der Waals surface area (Å²) in [5, 5.41) is 23.5. The maximum absolute atomic E-state index is 9.69. The minimum atomic E-state index is 0.517. The van der Waals surface area contributed by atoms with Gasteiger partial charge in [-0.1, -0.05) is 188 Å². The molecule has 3 heterocycles. The number of para-hydroxylation sites is 1. The van der Waals surface area contributed by atoms with Crippen molar-refractivity contribution < 1.29 is 0 Å². The summed E-state index contributed by atoms with van der Waals surface area (Å²) < 4.78 is 4.74. The number of rotatable bonds is 10. The molecule has 15 aromatic rings. The van der Waals surface area contributed by atoms with Crippen LogP contribution in [-0.4, -0.2) is 24.1 Å². The predicted octanol–water partition coefficient (Wildman–Crippen LogP) is 20.2. The van der Waals surface area contributed by atoms with Gasteiger partial charge in [-0.3, -0.25) is 0 Å². The molecule has 0 fully saturated rings. The first-order valence-electron chi connectivity index (χ1n) is 28.6. The molecule has 0 aliphatic carbocycles. The van der Waals surface area contributed by atoms with Crippen LogP contribution in [0, 0.1) is 35.8 Å². The zero-order valence-corrected chi connectivity index (χ0v) is 47.0. The summed E-state index contributed by atoms with van der Waals surface area (Å²) in [4.78, 5) is 23.0. The van der Waals surface area contributed by atoms with Crippen molar-refractivity contribution in [1.82, 2.24) is 24.1 Å². The van der Waals surface area contributed by atoms with Crippen molar-refractivity contribution >= 4 is 55.0 Å². The van der Waals surface area contributed by atoms with Crippen molar-refractivity contribution in [2.24, 2.45) is 0 Å². The number of benzene rings is 12. The van der Waals surface area contributed by atoms with E-state index in [9.17, 15) is 10.5 Å². The molecule has 15 rings (SSSR count). The molecule has 9 nitrogen and oxygen atoms in total. The van der Waals surface area contributed by atoms with Gasteiger partial charge >= 0.3 is 0 Å². The lowest BCUT2D eigenvalue weighted by Crippen LogP contribution is -2.03. The van der Waals surface area contributed by atoms with Crippen LogP contribution in [0.2, 0.25) is 0 Å². The zero-order valence-electron chi connectivity index (χ0n) is 47.0. The van der Waals surface area contributed by atoms with Gasteiger partial charge in [-0.25, -0.2) is 24.6 Å². The minimum absolute atomic E-state index is 0.517. The highest BCUT2D eigenvalue weighted by atomic mass is 15.0. The summed E-state index contributed by atoms with van der Waals surface area (Å²) in [6.07, 6.45) is 0. The molecule has 0 spiro atoms. The van der Waals surface area contributed by atoms with Crippen LogP contribution < -0.4 is 0 Å². The van der Waals surface area contributed by atoms with Crippen LogP contribution in [0.3, 0.4) is 0 Å². The van der Waals surface area contributed by atoms with Crippen molar-refractivity contribution in [1.29, 1.82) is 10.5 Å². The summed E-state index contributed by atoms with van der Waals surface area (Å²) >= 11 is 0. The van der Waals surface area contributed by atoms with Crippen LogP contribution in [0.4, 0.5) is 11.4 Å². The molecule has 0 N–H and O–H groups in total. The lowest BCUT2D eigenvalue weighted by atomic mass is 9.98. The molecule has 0 unspecified atom stereocenters. The van der Waals surface area contributed by atoms with E-state index in [-0.39, 0.29) is 0 Å². The van der Waals surface area contributed by atoms with E-state index in [4.69, 9.17) is 28.1 Å². The topological polar surface area (TPSA) is 105 Å². The SMILES string of the molecule is [C-]#[N+]c1ccc(-c2ccc3c(c2)c2cc(-c4ccc([N+]#[C-])cc4)ccc2n3-c2cc(-c3nc(-c4ccccc4)nc(-c4ccccc4)n3)ccc2-c2ccccc2-n2c3ccc(-c4ccc(C#N)cc4)cc3c3cc(-c4ccc(C#N)cc4)ccc32)cc1. The Morgan fingerprint density at radius 1 is 0.284 bits per heavy atom. The van der Waals surface area contributed by atoms with Gasteiger partial charge in [0.05, 0.1) is 69.9 Å². The van der Waals surface area contributed by atoms with Crippen LogP contribution >= 0.6 is 0 Å². The average molecular weight is 1120 g/mol. The summed E-state index contributed by atoms with van der Waals surface area (Å²) in [5.74, 6) is 1.63. The van der Waals surface area contributed by atoms with Crippen molar-refractivity contribution in [3.63, 3.8) is 0 Å². The third kappa shape index (κ3) is 9.24. The smallest absolute Gasteiger partial charge is 0.187 e. The van der Waals surface area contributed by atoms with Gasteiger partial charge in [-0.2, -0.15) is 10.5 Å². The molecule has 0 saturated carbocycles. The molecule has 12 aromatic carbocycles. The Bertz CT molecular complexity index is 5160. The quantitative estimate of drug-likeness (QED) is 0.127. The van der Waals surface area contributed by atoms with Gasteiger partial charge in [0.15, 0.2) is 28.8 Å². The van der Waals surface area contributed by atoms with Crippen LogP contribution in [0.1, 0.15) is 11.1 Å². The van der Waals surface area contributed by atoms with E-state index in [1.807, 2.05) is 158 Å². The molecular formula is C79H45N9.